The molecule has 0 bridgehead atoms. The van der Waals surface area contributed by atoms with Crippen molar-refractivity contribution >= 4 is 17.4 Å². The monoisotopic (exact) mass is 457 g/mol. The quantitative estimate of drug-likeness (QED) is 0.525. The Bertz CT molecular complexity index is 1090. The number of benzene rings is 2. The van der Waals surface area contributed by atoms with Gasteiger partial charge < -0.3 is 15.1 Å². The first-order valence-corrected chi connectivity index (χ1v) is 12.3. The van der Waals surface area contributed by atoms with Gasteiger partial charge in [-0.25, -0.2) is 9.97 Å². The van der Waals surface area contributed by atoms with Crippen molar-refractivity contribution in [2.45, 2.75) is 40.2 Å². The molecule has 1 aliphatic heterocycles. The maximum absolute atomic E-state index is 12.8. The van der Waals surface area contributed by atoms with Crippen LogP contribution in [0, 0.1) is 12.8 Å². The molecule has 0 atom stereocenters. The van der Waals surface area contributed by atoms with E-state index in [1.165, 1.54) is 11.3 Å². The Balaban J connectivity index is 1.29. The first-order valence-electron chi connectivity index (χ1n) is 12.3. The molecule has 1 aliphatic rings. The van der Waals surface area contributed by atoms with Crippen molar-refractivity contribution in [3.8, 4) is 11.4 Å². The van der Waals surface area contributed by atoms with Crippen LogP contribution < -0.4 is 15.1 Å². The zero-order valence-corrected chi connectivity index (χ0v) is 20.5. The average molecular weight is 458 g/mol. The average Bonchev–Trinajstić information content (AvgIpc) is 2.89. The lowest BCUT2D eigenvalue weighted by molar-refractivity contribution is -0.125. The van der Waals surface area contributed by atoms with Crippen molar-refractivity contribution in [3.63, 3.8) is 0 Å². The van der Waals surface area contributed by atoms with Gasteiger partial charge in [0, 0.05) is 56.1 Å². The molecule has 178 valence electrons. The molecule has 3 aromatic rings. The van der Waals surface area contributed by atoms with Gasteiger partial charge in [0.05, 0.1) is 0 Å². The van der Waals surface area contributed by atoms with Gasteiger partial charge in [-0.3, -0.25) is 4.79 Å². The van der Waals surface area contributed by atoms with Crippen LogP contribution in [0.3, 0.4) is 0 Å². The Morgan fingerprint density at radius 2 is 1.79 bits per heavy atom. The molecule has 1 saturated heterocycles. The van der Waals surface area contributed by atoms with Crippen LogP contribution in [0.15, 0.2) is 60.8 Å². The molecule has 4 rings (SSSR count). The van der Waals surface area contributed by atoms with E-state index >= 15 is 0 Å². The maximum atomic E-state index is 12.8. The number of nitrogens with one attached hydrogen (secondary N) is 1. The predicted octanol–water partition coefficient (Wildman–Crippen LogP) is 4.83. The highest BCUT2D eigenvalue weighted by Gasteiger charge is 2.25. The second-order valence-corrected chi connectivity index (χ2v) is 8.93. The van der Waals surface area contributed by atoms with Gasteiger partial charge in [0.25, 0.3) is 0 Å². The highest BCUT2D eigenvalue weighted by molar-refractivity contribution is 5.79. The summed E-state index contributed by atoms with van der Waals surface area (Å²) >= 11 is 0. The molecular weight excluding hydrogens is 422 g/mol. The Hall–Kier alpha value is -3.41. The Labute approximate surface area is 203 Å². The van der Waals surface area contributed by atoms with Gasteiger partial charge >= 0.3 is 0 Å². The summed E-state index contributed by atoms with van der Waals surface area (Å²) in [5.41, 5.74) is 4.58. The second kappa shape index (κ2) is 11.1. The van der Waals surface area contributed by atoms with Crippen molar-refractivity contribution in [1.29, 1.82) is 0 Å². The molecule has 2 aromatic carbocycles. The summed E-state index contributed by atoms with van der Waals surface area (Å²) in [6.45, 7) is 10.6. The SMILES string of the molecule is CCN(CC)c1ccc(CNC(=O)C2CCN(c3ccnc(-c4cccc(C)c4)n3)CC2)cc1. The third-order valence-electron chi connectivity index (χ3n) is 6.64. The third kappa shape index (κ3) is 5.74. The lowest BCUT2D eigenvalue weighted by Crippen LogP contribution is -2.40. The summed E-state index contributed by atoms with van der Waals surface area (Å²) in [5, 5.41) is 3.14. The van der Waals surface area contributed by atoms with Crippen LogP contribution in [0.4, 0.5) is 11.5 Å². The minimum Gasteiger partial charge on any atom is -0.372 e. The summed E-state index contributed by atoms with van der Waals surface area (Å²) < 4.78 is 0. The second-order valence-electron chi connectivity index (χ2n) is 8.93. The van der Waals surface area contributed by atoms with Gasteiger partial charge in [-0.15, -0.1) is 0 Å². The molecule has 6 heteroatoms. The van der Waals surface area contributed by atoms with E-state index in [9.17, 15) is 4.79 Å². The largest absolute Gasteiger partial charge is 0.372 e. The number of anilines is 2. The maximum Gasteiger partial charge on any atom is 0.223 e. The Kier molecular flexibility index (Phi) is 7.78. The van der Waals surface area contributed by atoms with E-state index in [0.29, 0.717) is 6.54 Å². The lowest BCUT2D eigenvalue weighted by Gasteiger charge is -2.32. The molecule has 1 amide bonds. The summed E-state index contributed by atoms with van der Waals surface area (Å²) in [6, 6.07) is 18.7. The molecular formula is C28H35N5O. The van der Waals surface area contributed by atoms with E-state index in [1.807, 2.05) is 24.4 Å². The van der Waals surface area contributed by atoms with Crippen molar-refractivity contribution in [2.75, 3.05) is 36.0 Å². The van der Waals surface area contributed by atoms with E-state index in [0.717, 1.165) is 61.8 Å². The molecule has 6 nitrogen and oxygen atoms in total. The first-order chi connectivity index (χ1) is 16.6. The van der Waals surface area contributed by atoms with Crippen LogP contribution >= 0.6 is 0 Å². The summed E-state index contributed by atoms with van der Waals surface area (Å²) in [6.07, 6.45) is 3.48. The molecule has 0 spiro atoms. The van der Waals surface area contributed by atoms with Gasteiger partial charge in [-0.05, 0) is 63.4 Å². The van der Waals surface area contributed by atoms with Crippen molar-refractivity contribution in [1.82, 2.24) is 15.3 Å². The highest BCUT2D eigenvalue weighted by Crippen LogP contribution is 2.24. The van der Waals surface area contributed by atoms with E-state index in [1.54, 1.807) is 0 Å². The number of carbonyl (C=O) groups is 1. The van der Waals surface area contributed by atoms with Crippen LogP contribution in [-0.4, -0.2) is 42.1 Å². The number of carbonyl (C=O) groups excluding carboxylic acids is 1. The van der Waals surface area contributed by atoms with Crippen LogP contribution in [-0.2, 0) is 11.3 Å². The molecule has 1 N–H and O–H groups in total. The molecule has 0 saturated carbocycles. The number of amides is 1. The molecule has 0 radical (unpaired) electrons. The molecule has 1 aromatic heterocycles. The Morgan fingerprint density at radius 3 is 2.47 bits per heavy atom. The van der Waals surface area contributed by atoms with Gasteiger partial charge in [0.15, 0.2) is 5.82 Å². The number of hydrogen-bond acceptors (Lipinski definition) is 5. The number of aryl methyl sites for hydroxylation is 1. The predicted molar refractivity (Wildman–Crippen MR) is 139 cm³/mol. The smallest absolute Gasteiger partial charge is 0.223 e. The summed E-state index contributed by atoms with van der Waals surface area (Å²) in [4.78, 5) is 26.6. The van der Waals surface area contributed by atoms with Crippen LogP contribution in [0.1, 0.15) is 37.8 Å². The number of piperidine rings is 1. The van der Waals surface area contributed by atoms with Crippen molar-refractivity contribution in [3.05, 3.63) is 71.9 Å². The molecule has 2 heterocycles. The topological polar surface area (TPSA) is 61.4 Å². The fourth-order valence-electron chi connectivity index (χ4n) is 4.57. The zero-order chi connectivity index (χ0) is 23.9. The van der Waals surface area contributed by atoms with E-state index in [2.05, 4.69) is 77.3 Å². The van der Waals surface area contributed by atoms with Gasteiger partial charge in [0.2, 0.25) is 5.91 Å². The summed E-state index contributed by atoms with van der Waals surface area (Å²) in [5.74, 6) is 1.87. The highest BCUT2D eigenvalue weighted by atomic mass is 16.1. The molecule has 34 heavy (non-hydrogen) atoms. The number of aromatic nitrogens is 2. The normalized spacial score (nSPS) is 14.1. The minimum atomic E-state index is 0.0456. The molecule has 1 fully saturated rings. The Morgan fingerprint density at radius 1 is 1.06 bits per heavy atom. The van der Waals surface area contributed by atoms with Gasteiger partial charge in [0.1, 0.15) is 5.82 Å². The van der Waals surface area contributed by atoms with E-state index < -0.39 is 0 Å². The van der Waals surface area contributed by atoms with E-state index in [-0.39, 0.29) is 11.8 Å². The number of hydrogen-bond donors (Lipinski definition) is 1. The first kappa shape index (κ1) is 23.7. The van der Waals surface area contributed by atoms with Gasteiger partial charge in [-0.2, -0.15) is 0 Å². The van der Waals surface area contributed by atoms with E-state index in [4.69, 9.17) is 4.98 Å². The standard InChI is InChI=1S/C28H35N5O/c1-4-32(5-2)25-11-9-22(10-12-25)20-30-28(34)23-14-17-33(18-15-23)26-13-16-29-27(31-26)24-8-6-7-21(3)19-24/h6-13,16,19,23H,4-5,14-15,17-18,20H2,1-3H3,(H,30,34). The van der Waals surface area contributed by atoms with Crippen LogP contribution in [0.25, 0.3) is 11.4 Å². The number of rotatable bonds is 8. The molecule has 0 unspecified atom stereocenters. The van der Waals surface area contributed by atoms with Crippen LogP contribution in [0.2, 0.25) is 0 Å². The molecule has 0 aliphatic carbocycles. The fourth-order valence-corrected chi connectivity index (χ4v) is 4.57. The minimum absolute atomic E-state index is 0.0456. The third-order valence-corrected chi connectivity index (χ3v) is 6.64. The zero-order valence-electron chi connectivity index (χ0n) is 20.5. The van der Waals surface area contributed by atoms with Gasteiger partial charge in [-0.1, -0.05) is 35.9 Å². The van der Waals surface area contributed by atoms with Crippen LogP contribution in [0.5, 0.6) is 0 Å². The lowest BCUT2D eigenvalue weighted by atomic mass is 9.96. The fraction of sp³-hybridized carbons (Fsp3) is 0.393. The summed E-state index contributed by atoms with van der Waals surface area (Å²) in [7, 11) is 0. The van der Waals surface area contributed by atoms with Crippen molar-refractivity contribution < 1.29 is 4.79 Å². The van der Waals surface area contributed by atoms with Crippen molar-refractivity contribution in [2.24, 2.45) is 5.92 Å². The number of nitrogens with zero attached hydrogens (tertiary/aromatic N) is 4.